The van der Waals surface area contributed by atoms with Gasteiger partial charge in [0.25, 0.3) is 5.91 Å². The summed E-state index contributed by atoms with van der Waals surface area (Å²) in [6.07, 6.45) is 0.235. The van der Waals surface area contributed by atoms with Gasteiger partial charge in [0.05, 0.1) is 12.0 Å². The van der Waals surface area contributed by atoms with Crippen molar-refractivity contribution in [1.82, 2.24) is 10.2 Å². The van der Waals surface area contributed by atoms with Crippen molar-refractivity contribution in [2.45, 2.75) is 50.3 Å². The van der Waals surface area contributed by atoms with E-state index in [-0.39, 0.29) is 31.0 Å². The third-order valence-electron chi connectivity index (χ3n) is 7.50. The van der Waals surface area contributed by atoms with E-state index < -0.39 is 30.1 Å². The van der Waals surface area contributed by atoms with Gasteiger partial charge >= 0.3 is 12.1 Å². The molecule has 2 fully saturated rings. The van der Waals surface area contributed by atoms with Gasteiger partial charge in [-0.1, -0.05) is 48.5 Å². The smallest absolute Gasteiger partial charge is 0.407 e. The number of nitrogens with one attached hydrogen (secondary N) is 1. The Balaban J connectivity index is 1.22. The zero-order chi connectivity index (χ0) is 24.5. The number of amides is 2. The number of carbonyl (C=O) groups excluding carboxylic acids is 2. The molecule has 35 heavy (non-hydrogen) atoms. The summed E-state index contributed by atoms with van der Waals surface area (Å²) in [6.45, 7) is 2.61. The molecule has 2 saturated heterocycles. The molecule has 1 aliphatic carbocycles. The molecule has 2 N–H and O–H groups in total. The van der Waals surface area contributed by atoms with Crippen LogP contribution in [0.25, 0.3) is 11.1 Å². The molecule has 2 aliphatic heterocycles. The van der Waals surface area contributed by atoms with Crippen molar-refractivity contribution in [3.8, 4) is 11.1 Å². The van der Waals surface area contributed by atoms with E-state index >= 15 is 0 Å². The highest BCUT2D eigenvalue weighted by molar-refractivity contribution is 5.84. The molecule has 2 heterocycles. The highest BCUT2D eigenvalue weighted by Gasteiger charge is 2.42. The summed E-state index contributed by atoms with van der Waals surface area (Å²) in [4.78, 5) is 39.0. The van der Waals surface area contributed by atoms with Gasteiger partial charge in [0.15, 0.2) is 6.10 Å². The minimum atomic E-state index is -0.893. The van der Waals surface area contributed by atoms with Crippen LogP contribution in [-0.4, -0.2) is 65.9 Å². The first-order chi connectivity index (χ1) is 16.9. The molecular weight excluding hydrogens is 448 g/mol. The second-order valence-electron chi connectivity index (χ2n) is 9.61. The lowest BCUT2D eigenvalue weighted by atomic mass is 9.92. The molecule has 8 heteroatoms. The van der Waals surface area contributed by atoms with Crippen molar-refractivity contribution < 1.29 is 29.0 Å². The average Bonchev–Trinajstić information content (AvgIpc) is 3.45. The number of benzene rings is 2. The molecule has 2 aromatic carbocycles. The Labute approximate surface area is 204 Å². The minimum Gasteiger partial charge on any atom is -0.481 e. The Morgan fingerprint density at radius 1 is 1.03 bits per heavy atom. The maximum absolute atomic E-state index is 13.2. The second-order valence-corrected chi connectivity index (χ2v) is 9.61. The van der Waals surface area contributed by atoms with E-state index in [2.05, 4.69) is 29.6 Å². The van der Waals surface area contributed by atoms with Crippen LogP contribution < -0.4 is 5.32 Å². The van der Waals surface area contributed by atoms with Crippen LogP contribution in [0.15, 0.2) is 48.5 Å². The van der Waals surface area contributed by atoms with Gasteiger partial charge in [0, 0.05) is 25.1 Å². The molecule has 0 bridgehead atoms. The number of fused-ring (bicyclic) bond motifs is 3. The Morgan fingerprint density at radius 2 is 1.69 bits per heavy atom. The lowest BCUT2D eigenvalue weighted by Crippen LogP contribution is -2.55. The normalized spacial score (nSPS) is 25.6. The molecule has 184 valence electrons. The number of likely N-dealkylation sites (tertiary alicyclic amines) is 1. The van der Waals surface area contributed by atoms with Crippen molar-refractivity contribution in [2.24, 2.45) is 5.92 Å². The van der Waals surface area contributed by atoms with Crippen LogP contribution in [0.5, 0.6) is 0 Å². The molecule has 4 atom stereocenters. The fourth-order valence-corrected chi connectivity index (χ4v) is 5.55. The number of piperidine rings is 1. The maximum Gasteiger partial charge on any atom is 0.407 e. The van der Waals surface area contributed by atoms with E-state index in [9.17, 15) is 19.5 Å². The SMILES string of the molecule is CC1CCC(C(=O)O)CN1C(=O)[C@@H]1OCC[C@@H]1NC(=O)OCC1c2ccccc2-c2ccccc21. The van der Waals surface area contributed by atoms with Crippen LogP contribution in [0.1, 0.15) is 43.2 Å². The first-order valence-corrected chi connectivity index (χ1v) is 12.2. The summed E-state index contributed by atoms with van der Waals surface area (Å²) in [5.41, 5.74) is 4.57. The van der Waals surface area contributed by atoms with Crippen molar-refractivity contribution in [1.29, 1.82) is 0 Å². The zero-order valence-corrected chi connectivity index (χ0v) is 19.7. The number of alkyl carbamates (subject to hydrolysis) is 1. The first-order valence-electron chi connectivity index (χ1n) is 12.2. The molecule has 2 aromatic rings. The number of carboxylic acid groups (broad SMARTS) is 1. The minimum absolute atomic E-state index is 0.0486. The summed E-state index contributed by atoms with van der Waals surface area (Å²) in [7, 11) is 0. The maximum atomic E-state index is 13.2. The number of rotatable bonds is 5. The molecule has 0 saturated carbocycles. The van der Waals surface area contributed by atoms with Crippen molar-refractivity contribution in [2.75, 3.05) is 19.8 Å². The van der Waals surface area contributed by atoms with Gasteiger partial charge in [-0.25, -0.2) is 4.79 Å². The van der Waals surface area contributed by atoms with Gasteiger partial charge in [-0.2, -0.15) is 0 Å². The van der Waals surface area contributed by atoms with E-state index in [1.165, 1.54) is 0 Å². The second kappa shape index (κ2) is 9.70. The predicted octanol–water partition coefficient (Wildman–Crippen LogP) is 3.39. The number of hydrogen-bond acceptors (Lipinski definition) is 5. The number of ether oxygens (including phenoxy) is 2. The summed E-state index contributed by atoms with van der Waals surface area (Å²) in [6, 6.07) is 15.7. The topological polar surface area (TPSA) is 105 Å². The highest BCUT2D eigenvalue weighted by Crippen LogP contribution is 2.44. The fourth-order valence-electron chi connectivity index (χ4n) is 5.55. The average molecular weight is 479 g/mol. The number of carboxylic acids is 1. The summed E-state index contributed by atoms with van der Waals surface area (Å²) < 4.78 is 11.3. The van der Waals surface area contributed by atoms with Gasteiger partial charge in [0.2, 0.25) is 0 Å². The lowest BCUT2D eigenvalue weighted by Gasteiger charge is -2.38. The Kier molecular flexibility index (Phi) is 6.47. The van der Waals surface area contributed by atoms with E-state index in [1.54, 1.807) is 4.90 Å². The summed E-state index contributed by atoms with van der Waals surface area (Å²) >= 11 is 0. The van der Waals surface area contributed by atoms with E-state index in [0.717, 1.165) is 22.3 Å². The lowest BCUT2D eigenvalue weighted by molar-refractivity contribution is -0.151. The van der Waals surface area contributed by atoms with Crippen molar-refractivity contribution in [3.63, 3.8) is 0 Å². The molecule has 2 unspecified atom stereocenters. The van der Waals surface area contributed by atoms with E-state index in [0.29, 0.717) is 25.9 Å². The van der Waals surface area contributed by atoms with E-state index in [4.69, 9.17) is 9.47 Å². The van der Waals surface area contributed by atoms with Gasteiger partial charge in [-0.15, -0.1) is 0 Å². The zero-order valence-electron chi connectivity index (χ0n) is 19.7. The molecule has 0 aromatic heterocycles. The van der Waals surface area contributed by atoms with Crippen LogP contribution in [0.3, 0.4) is 0 Å². The van der Waals surface area contributed by atoms with Crippen molar-refractivity contribution >= 4 is 18.0 Å². The number of hydrogen-bond donors (Lipinski definition) is 2. The van der Waals surface area contributed by atoms with Gasteiger partial charge in [0.1, 0.15) is 6.61 Å². The quantitative estimate of drug-likeness (QED) is 0.683. The van der Waals surface area contributed by atoms with Crippen LogP contribution >= 0.6 is 0 Å². The largest absolute Gasteiger partial charge is 0.481 e. The monoisotopic (exact) mass is 478 g/mol. The highest BCUT2D eigenvalue weighted by atomic mass is 16.6. The number of carbonyl (C=O) groups is 3. The van der Waals surface area contributed by atoms with Crippen LogP contribution in [0.2, 0.25) is 0 Å². The van der Waals surface area contributed by atoms with Crippen LogP contribution in [-0.2, 0) is 19.1 Å². The third-order valence-corrected chi connectivity index (χ3v) is 7.50. The van der Waals surface area contributed by atoms with Crippen LogP contribution in [0, 0.1) is 5.92 Å². The Morgan fingerprint density at radius 3 is 2.34 bits per heavy atom. The third kappa shape index (κ3) is 4.50. The van der Waals surface area contributed by atoms with Gasteiger partial charge in [-0.3, -0.25) is 9.59 Å². The van der Waals surface area contributed by atoms with E-state index in [1.807, 2.05) is 31.2 Å². The Hall–Kier alpha value is -3.39. The molecule has 2 amide bonds. The van der Waals surface area contributed by atoms with Gasteiger partial charge in [-0.05, 0) is 48.4 Å². The Bertz CT molecular complexity index is 1090. The van der Waals surface area contributed by atoms with Crippen molar-refractivity contribution in [3.05, 3.63) is 59.7 Å². The molecule has 0 radical (unpaired) electrons. The molecular formula is C27H30N2O6. The predicted molar refractivity (Wildman–Crippen MR) is 128 cm³/mol. The molecule has 8 nitrogen and oxygen atoms in total. The standard InChI is InChI=1S/C27H30N2O6/c1-16-10-11-17(26(31)32)14-29(16)25(30)24-23(12-13-34-24)28-27(33)35-15-22-20-8-4-2-6-18(20)19-7-3-5-9-21(19)22/h2-9,16-17,22-24H,10-15H2,1H3,(H,28,33)(H,31,32)/t16?,17?,23-,24+/m0/s1. The number of aliphatic carboxylic acids is 1. The van der Waals surface area contributed by atoms with Crippen LogP contribution in [0.4, 0.5) is 4.79 Å². The summed E-state index contributed by atoms with van der Waals surface area (Å²) in [5.74, 6) is -1.79. The number of nitrogens with zero attached hydrogens (tertiary/aromatic N) is 1. The fraction of sp³-hybridized carbons (Fsp3) is 0.444. The molecule has 5 rings (SSSR count). The van der Waals surface area contributed by atoms with Gasteiger partial charge < -0.3 is 24.8 Å². The summed E-state index contributed by atoms with van der Waals surface area (Å²) in [5, 5.41) is 12.2. The molecule has 3 aliphatic rings. The molecule has 0 spiro atoms. The first kappa shape index (κ1) is 23.4.